The SMILES string of the molecule is O=C(NCCN1CCOCC1)C(=O)C1CCCCOCCOCc2ccccc2C(=O)N1. The molecule has 2 aliphatic heterocycles. The molecule has 9 nitrogen and oxygen atoms in total. The Labute approximate surface area is 188 Å². The average molecular weight is 448 g/mol. The minimum atomic E-state index is -0.886. The largest absolute Gasteiger partial charge is 0.379 e. The zero-order chi connectivity index (χ0) is 22.6. The number of nitrogens with zero attached hydrogens (tertiary/aromatic N) is 1. The highest BCUT2D eigenvalue weighted by Gasteiger charge is 2.27. The van der Waals surface area contributed by atoms with Gasteiger partial charge in [-0.05, 0) is 30.9 Å². The van der Waals surface area contributed by atoms with Gasteiger partial charge in [-0.3, -0.25) is 19.3 Å². The summed E-state index contributed by atoms with van der Waals surface area (Å²) in [5.74, 6) is -1.67. The van der Waals surface area contributed by atoms with E-state index in [1.807, 2.05) is 12.1 Å². The van der Waals surface area contributed by atoms with E-state index < -0.39 is 17.7 Å². The predicted octanol–water partition coefficient (Wildman–Crippen LogP) is 0.520. The van der Waals surface area contributed by atoms with Crippen molar-refractivity contribution in [2.24, 2.45) is 0 Å². The number of rotatable bonds is 5. The van der Waals surface area contributed by atoms with Crippen molar-refractivity contribution in [3.05, 3.63) is 35.4 Å². The average Bonchev–Trinajstić information content (AvgIpc) is 2.82. The van der Waals surface area contributed by atoms with Crippen LogP contribution in [-0.4, -0.2) is 87.8 Å². The van der Waals surface area contributed by atoms with Gasteiger partial charge in [0, 0.05) is 38.3 Å². The van der Waals surface area contributed by atoms with Gasteiger partial charge in [0.2, 0.25) is 5.78 Å². The summed E-state index contributed by atoms with van der Waals surface area (Å²) < 4.78 is 16.5. The topological polar surface area (TPSA) is 106 Å². The zero-order valence-corrected chi connectivity index (χ0v) is 18.5. The van der Waals surface area contributed by atoms with Crippen LogP contribution in [0.15, 0.2) is 24.3 Å². The Balaban J connectivity index is 1.61. The summed E-state index contributed by atoms with van der Waals surface area (Å²) in [5, 5.41) is 5.47. The molecule has 1 unspecified atom stereocenters. The van der Waals surface area contributed by atoms with Gasteiger partial charge in [0.1, 0.15) is 0 Å². The number of Topliss-reactive ketones (excluding diaryl/α,β-unsaturated/α-hetero) is 1. The van der Waals surface area contributed by atoms with Gasteiger partial charge in [0.25, 0.3) is 11.8 Å². The molecule has 0 spiro atoms. The van der Waals surface area contributed by atoms with Crippen molar-refractivity contribution in [1.29, 1.82) is 0 Å². The van der Waals surface area contributed by atoms with Crippen LogP contribution in [0.4, 0.5) is 0 Å². The molecule has 0 saturated carbocycles. The molecule has 1 aromatic carbocycles. The van der Waals surface area contributed by atoms with Gasteiger partial charge in [0.05, 0.1) is 39.1 Å². The molecular formula is C23H33N3O6. The molecule has 1 aromatic rings. The third-order valence-electron chi connectivity index (χ3n) is 5.59. The summed E-state index contributed by atoms with van der Waals surface area (Å²) in [4.78, 5) is 40.5. The smallest absolute Gasteiger partial charge is 0.289 e. The fourth-order valence-corrected chi connectivity index (χ4v) is 3.72. The number of ether oxygens (including phenoxy) is 3. The molecule has 1 saturated heterocycles. The lowest BCUT2D eigenvalue weighted by Gasteiger charge is -2.26. The van der Waals surface area contributed by atoms with E-state index in [0.29, 0.717) is 64.5 Å². The summed E-state index contributed by atoms with van der Waals surface area (Å²) in [5.41, 5.74) is 1.17. The lowest BCUT2D eigenvalue weighted by atomic mass is 10.0. The van der Waals surface area contributed by atoms with Crippen molar-refractivity contribution >= 4 is 17.6 Å². The van der Waals surface area contributed by atoms with Crippen LogP contribution in [0.25, 0.3) is 0 Å². The Kier molecular flexibility index (Phi) is 10.1. The molecular weight excluding hydrogens is 414 g/mol. The van der Waals surface area contributed by atoms with Gasteiger partial charge in [-0.1, -0.05) is 18.2 Å². The maximum Gasteiger partial charge on any atom is 0.289 e. The molecule has 3 rings (SSSR count). The second-order valence-electron chi connectivity index (χ2n) is 7.92. The first-order valence-electron chi connectivity index (χ1n) is 11.3. The number of benzene rings is 1. The van der Waals surface area contributed by atoms with Crippen molar-refractivity contribution in [2.75, 3.05) is 59.2 Å². The third-order valence-corrected chi connectivity index (χ3v) is 5.59. The van der Waals surface area contributed by atoms with Crippen LogP contribution in [0.3, 0.4) is 0 Å². The number of carbonyl (C=O) groups is 3. The first kappa shape index (κ1) is 24.3. The lowest BCUT2D eigenvalue weighted by Crippen LogP contribution is -2.49. The van der Waals surface area contributed by atoms with E-state index in [2.05, 4.69) is 15.5 Å². The number of ketones is 1. The summed E-state index contributed by atoms with van der Waals surface area (Å²) in [6.07, 6.45) is 1.76. The molecule has 2 amide bonds. The van der Waals surface area contributed by atoms with Crippen LogP contribution < -0.4 is 10.6 Å². The van der Waals surface area contributed by atoms with Crippen LogP contribution in [0, 0.1) is 0 Å². The monoisotopic (exact) mass is 447 g/mol. The number of hydrogen-bond donors (Lipinski definition) is 2. The Bertz CT molecular complexity index is 766. The molecule has 32 heavy (non-hydrogen) atoms. The van der Waals surface area contributed by atoms with Crippen LogP contribution in [0.2, 0.25) is 0 Å². The molecule has 2 N–H and O–H groups in total. The molecule has 9 heteroatoms. The van der Waals surface area contributed by atoms with Gasteiger partial charge in [0.15, 0.2) is 0 Å². The van der Waals surface area contributed by atoms with Gasteiger partial charge < -0.3 is 24.8 Å². The minimum Gasteiger partial charge on any atom is -0.379 e. The minimum absolute atomic E-state index is 0.271. The van der Waals surface area contributed by atoms with Crippen LogP contribution in [0.5, 0.6) is 0 Å². The summed E-state index contributed by atoms with van der Waals surface area (Å²) in [6.45, 7) is 5.75. The maximum atomic E-state index is 12.9. The van der Waals surface area contributed by atoms with Crippen molar-refractivity contribution in [3.63, 3.8) is 0 Å². The first-order valence-corrected chi connectivity index (χ1v) is 11.3. The van der Waals surface area contributed by atoms with E-state index in [0.717, 1.165) is 25.1 Å². The van der Waals surface area contributed by atoms with Gasteiger partial charge in [-0.15, -0.1) is 0 Å². The van der Waals surface area contributed by atoms with Crippen molar-refractivity contribution in [1.82, 2.24) is 15.5 Å². The molecule has 2 heterocycles. The summed E-state index contributed by atoms with van der Waals surface area (Å²) >= 11 is 0. The molecule has 1 fully saturated rings. The van der Waals surface area contributed by atoms with E-state index in [1.165, 1.54) is 0 Å². The highest BCUT2D eigenvalue weighted by Crippen LogP contribution is 2.13. The highest BCUT2D eigenvalue weighted by atomic mass is 16.5. The summed E-state index contributed by atoms with van der Waals surface area (Å²) in [7, 11) is 0. The van der Waals surface area contributed by atoms with E-state index in [9.17, 15) is 14.4 Å². The summed E-state index contributed by atoms with van der Waals surface area (Å²) in [6, 6.07) is 6.22. The quantitative estimate of drug-likeness (QED) is 0.634. The standard InChI is InChI=1S/C23H33N3O6/c27-21(23(29)24-8-9-26-10-13-31-14-11-26)20-7-3-4-12-30-15-16-32-17-18-5-1-2-6-19(18)22(28)25-20/h1-2,5-6,20H,3-4,7-17H2,(H,24,29)(H,25,28). The maximum absolute atomic E-state index is 12.9. The molecule has 0 aromatic heterocycles. The number of nitrogens with one attached hydrogen (secondary N) is 2. The molecule has 0 aliphatic carbocycles. The first-order chi connectivity index (χ1) is 15.6. The van der Waals surface area contributed by atoms with Crippen molar-refractivity contribution in [2.45, 2.75) is 31.9 Å². The number of fused-ring (bicyclic) bond motifs is 1. The van der Waals surface area contributed by atoms with Crippen molar-refractivity contribution in [3.8, 4) is 0 Å². The van der Waals surface area contributed by atoms with Crippen LogP contribution in [-0.2, 0) is 30.4 Å². The fourth-order valence-electron chi connectivity index (χ4n) is 3.72. The second-order valence-corrected chi connectivity index (χ2v) is 7.92. The lowest BCUT2D eigenvalue weighted by molar-refractivity contribution is -0.139. The normalized spacial score (nSPS) is 21.6. The molecule has 0 bridgehead atoms. The molecule has 0 radical (unpaired) electrons. The van der Waals surface area contributed by atoms with Crippen LogP contribution >= 0.6 is 0 Å². The van der Waals surface area contributed by atoms with Crippen molar-refractivity contribution < 1.29 is 28.6 Å². The molecule has 1 atom stereocenters. The zero-order valence-electron chi connectivity index (χ0n) is 18.5. The number of carbonyl (C=O) groups excluding carboxylic acids is 3. The molecule has 176 valence electrons. The molecule has 2 aliphatic rings. The Morgan fingerprint density at radius 3 is 2.59 bits per heavy atom. The van der Waals surface area contributed by atoms with Gasteiger partial charge in [-0.2, -0.15) is 0 Å². The Morgan fingerprint density at radius 1 is 1.00 bits per heavy atom. The number of morpholine rings is 1. The van der Waals surface area contributed by atoms with E-state index in [4.69, 9.17) is 14.2 Å². The Morgan fingerprint density at radius 2 is 1.75 bits per heavy atom. The van der Waals surface area contributed by atoms with Gasteiger partial charge in [-0.25, -0.2) is 0 Å². The fraction of sp³-hybridized carbons (Fsp3) is 0.609. The highest BCUT2D eigenvalue weighted by molar-refractivity contribution is 6.38. The van der Waals surface area contributed by atoms with Gasteiger partial charge >= 0.3 is 0 Å². The second kappa shape index (κ2) is 13.3. The van der Waals surface area contributed by atoms with Crippen LogP contribution in [0.1, 0.15) is 35.2 Å². The number of hydrogen-bond acceptors (Lipinski definition) is 7. The van der Waals surface area contributed by atoms with E-state index in [-0.39, 0.29) is 12.5 Å². The third kappa shape index (κ3) is 7.67. The number of amides is 2. The Hall–Kier alpha value is -2.33. The van der Waals surface area contributed by atoms with E-state index in [1.54, 1.807) is 12.1 Å². The van der Waals surface area contributed by atoms with E-state index >= 15 is 0 Å². The predicted molar refractivity (Wildman–Crippen MR) is 117 cm³/mol.